The van der Waals surface area contributed by atoms with E-state index in [9.17, 15) is 21.8 Å². The Morgan fingerprint density at radius 3 is 2.73 bits per heavy atom. The van der Waals surface area contributed by atoms with Crippen molar-refractivity contribution in [2.45, 2.75) is 42.7 Å². The number of hydrogen-bond acceptors (Lipinski definition) is 7. The first-order valence-corrected chi connectivity index (χ1v) is 15.4. The fourth-order valence-electron chi connectivity index (χ4n) is 4.68. The first-order chi connectivity index (χ1) is 18.9. The van der Waals surface area contributed by atoms with Gasteiger partial charge in [0.15, 0.2) is 0 Å². The summed E-state index contributed by atoms with van der Waals surface area (Å²) in [5.74, 6) is 6.33. The van der Waals surface area contributed by atoms with E-state index in [1.165, 1.54) is 24.7 Å². The van der Waals surface area contributed by atoms with Crippen LogP contribution in [-0.4, -0.2) is 67.5 Å². The minimum Gasteiger partial charge on any atom is -0.496 e. The quantitative estimate of drug-likeness (QED) is 0.178. The van der Waals surface area contributed by atoms with E-state index < -0.39 is 34.5 Å². The Morgan fingerprint density at radius 2 is 2.05 bits per heavy atom. The molecule has 3 N–H and O–H groups in total. The second-order valence-corrected chi connectivity index (χ2v) is 13.1. The summed E-state index contributed by atoms with van der Waals surface area (Å²) in [6.07, 6.45) is -4.66. The van der Waals surface area contributed by atoms with Crippen LogP contribution >= 0.6 is 11.3 Å². The summed E-state index contributed by atoms with van der Waals surface area (Å²) < 4.78 is 81.0. The number of ether oxygens (including phenoxy) is 1. The molecule has 40 heavy (non-hydrogen) atoms. The highest BCUT2D eigenvalue weighted by atomic mass is 32.2. The number of benzene rings is 2. The zero-order chi connectivity index (χ0) is 29.1. The zero-order valence-corrected chi connectivity index (χ0v) is 24.1. The van der Waals surface area contributed by atoms with E-state index in [1.807, 2.05) is 11.9 Å². The third-order valence-electron chi connectivity index (χ3n) is 6.72. The van der Waals surface area contributed by atoms with Crippen molar-refractivity contribution in [2.24, 2.45) is 0 Å². The fourth-order valence-corrected chi connectivity index (χ4v) is 6.51. The van der Waals surface area contributed by atoms with Crippen LogP contribution in [0.2, 0.25) is 0 Å². The highest BCUT2D eigenvalue weighted by molar-refractivity contribution is 7.91. The number of rotatable bonds is 8. The molecule has 2 unspecified atom stereocenters. The van der Waals surface area contributed by atoms with Gasteiger partial charge in [0.1, 0.15) is 11.9 Å². The van der Waals surface area contributed by atoms with Crippen molar-refractivity contribution >= 4 is 36.8 Å². The van der Waals surface area contributed by atoms with Gasteiger partial charge in [-0.3, -0.25) is 0 Å². The summed E-state index contributed by atoms with van der Waals surface area (Å²) >= 11 is 1.18. The lowest BCUT2D eigenvalue weighted by molar-refractivity contribution is -0.126. The molecular formula is C28H32F4N4O2S2. The molecule has 6 nitrogen and oxygen atoms in total. The average Bonchev–Trinajstić information content (AvgIpc) is 3.21. The van der Waals surface area contributed by atoms with Crippen LogP contribution in [0, 0.1) is 16.6 Å². The predicted octanol–water partition coefficient (Wildman–Crippen LogP) is 5.65. The van der Waals surface area contributed by atoms with Crippen molar-refractivity contribution in [2.75, 3.05) is 45.4 Å². The number of thiophene rings is 1. The van der Waals surface area contributed by atoms with Crippen molar-refractivity contribution in [3.8, 4) is 17.6 Å². The second-order valence-electron chi connectivity index (χ2n) is 9.92. The van der Waals surface area contributed by atoms with Crippen LogP contribution in [0.25, 0.3) is 10.1 Å². The summed E-state index contributed by atoms with van der Waals surface area (Å²) in [5, 5.41) is 6.85. The zero-order valence-electron chi connectivity index (χ0n) is 22.5. The largest absolute Gasteiger partial charge is 0.496 e. The van der Waals surface area contributed by atoms with E-state index in [0.29, 0.717) is 50.8 Å². The molecule has 1 fully saturated rings. The topological polar surface area (TPSA) is 77.4 Å². The third-order valence-corrected chi connectivity index (χ3v) is 9.07. The van der Waals surface area contributed by atoms with E-state index >= 15 is 0 Å². The van der Waals surface area contributed by atoms with Gasteiger partial charge in [0.05, 0.1) is 56.0 Å². The first kappa shape index (κ1) is 30.1. The lowest BCUT2D eigenvalue weighted by Gasteiger charge is -2.33. The van der Waals surface area contributed by atoms with Crippen LogP contribution in [0.4, 0.5) is 23.2 Å². The molecule has 0 saturated carbocycles. The van der Waals surface area contributed by atoms with Crippen LogP contribution in [0.1, 0.15) is 22.4 Å². The first-order valence-electron chi connectivity index (χ1n) is 12.7. The molecule has 1 aliphatic rings. The molecule has 12 heteroatoms. The number of halogens is 4. The maximum absolute atomic E-state index is 14.7. The SMILES string of the molecule is COc1cc(S(C)(=N)=O)ccc1CNCC#Cc1sc2c(NC3CCN(C)C[C@@H]3F)cccc2c1CC(F)(F)F. The number of nitrogens with one attached hydrogen (secondary N) is 3. The summed E-state index contributed by atoms with van der Waals surface area (Å²) in [5.41, 5.74) is 1.51. The summed E-state index contributed by atoms with van der Waals surface area (Å²) in [6.45, 7) is 1.61. The van der Waals surface area contributed by atoms with Crippen LogP contribution in [0.15, 0.2) is 41.3 Å². The number of likely N-dealkylation sites (tertiary alicyclic amines) is 1. The monoisotopic (exact) mass is 596 g/mol. The van der Waals surface area contributed by atoms with Gasteiger partial charge in [0.25, 0.3) is 0 Å². The Kier molecular flexibility index (Phi) is 9.29. The summed E-state index contributed by atoms with van der Waals surface area (Å²) in [6, 6.07) is 9.62. The minimum atomic E-state index is -4.41. The van der Waals surface area contributed by atoms with E-state index in [1.54, 1.807) is 36.4 Å². The molecule has 216 valence electrons. The van der Waals surface area contributed by atoms with Gasteiger partial charge >= 0.3 is 6.18 Å². The van der Waals surface area contributed by atoms with Gasteiger partial charge in [-0.15, -0.1) is 11.3 Å². The van der Waals surface area contributed by atoms with E-state index in [0.717, 1.165) is 12.1 Å². The molecule has 3 aromatic rings. The van der Waals surface area contributed by atoms with Crippen LogP contribution in [0.3, 0.4) is 0 Å². The number of piperidine rings is 1. The molecule has 0 bridgehead atoms. The van der Waals surface area contributed by atoms with Gasteiger partial charge in [-0.2, -0.15) is 13.2 Å². The number of alkyl halides is 4. The van der Waals surface area contributed by atoms with Crippen LogP contribution < -0.4 is 15.4 Å². The summed E-state index contributed by atoms with van der Waals surface area (Å²) in [7, 11) is 0.462. The molecule has 2 aromatic carbocycles. The average molecular weight is 597 g/mol. The number of nitrogens with zero attached hydrogens (tertiary/aromatic N) is 1. The molecular weight excluding hydrogens is 564 g/mol. The number of anilines is 1. The standard InChI is InChI=1S/C28H32F4N4O2S2/c1-36-13-11-23(22(29)17-36)35-24-7-4-6-20-21(15-28(30,31)32)26(39-27(20)24)8-5-12-34-16-18-9-10-19(40(3,33)37)14-25(18)38-2/h4,6-7,9-10,14,22-23,33-35H,11-13,15-17H2,1-3H3/t22-,23?,40?/m0/s1. The van der Waals surface area contributed by atoms with Crippen molar-refractivity contribution < 1.29 is 26.5 Å². The normalized spacial score (nSPS) is 19.6. The van der Waals surface area contributed by atoms with E-state index in [2.05, 4.69) is 22.5 Å². The number of fused-ring (bicyclic) bond motifs is 1. The molecule has 3 atom stereocenters. The van der Waals surface area contributed by atoms with Crippen molar-refractivity contribution in [1.82, 2.24) is 10.2 Å². The minimum absolute atomic E-state index is 0.125. The van der Waals surface area contributed by atoms with Crippen molar-refractivity contribution in [1.29, 1.82) is 4.78 Å². The molecule has 1 aliphatic heterocycles. The van der Waals surface area contributed by atoms with Gasteiger partial charge in [0.2, 0.25) is 0 Å². The highest BCUT2D eigenvalue weighted by Crippen LogP contribution is 2.39. The Morgan fingerprint density at radius 1 is 1.27 bits per heavy atom. The summed E-state index contributed by atoms with van der Waals surface area (Å²) in [4.78, 5) is 2.61. The smallest absolute Gasteiger partial charge is 0.393 e. The fraction of sp³-hybridized carbons (Fsp3) is 0.429. The number of hydrogen-bond donors (Lipinski definition) is 3. The van der Waals surface area contributed by atoms with Crippen molar-refractivity contribution in [3.63, 3.8) is 0 Å². The molecule has 1 aromatic heterocycles. The van der Waals surface area contributed by atoms with E-state index in [-0.39, 0.29) is 12.1 Å². The molecule has 0 spiro atoms. The van der Waals surface area contributed by atoms with E-state index in [4.69, 9.17) is 9.52 Å². The molecule has 2 heterocycles. The predicted molar refractivity (Wildman–Crippen MR) is 153 cm³/mol. The number of methoxy groups -OCH3 is 1. The molecule has 4 rings (SSSR count). The van der Waals surface area contributed by atoms with Crippen LogP contribution in [0.5, 0.6) is 5.75 Å². The van der Waals surface area contributed by atoms with Gasteiger partial charge in [0, 0.05) is 31.5 Å². The van der Waals surface area contributed by atoms with Gasteiger partial charge < -0.3 is 20.3 Å². The molecule has 0 radical (unpaired) electrons. The lowest BCUT2D eigenvalue weighted by atomic mass is 10.0. The maximum atomic E-state index is 14.7. The Labute approximate surface area is 236 Å². The Balaban J connectivity index is 1.54. The van der Waals surface area contributed by atoms with Gasteiger partial charge in [-0.05, 0) is 42.6 Å². The lowest BCUT2D eigenvalue weighted by Crippen LogP contribution is -2.46. The molecule has 0 aliphatic carbocycles. The van der Waals surface area contributed by atoms with Crippen molar-refractivity contribution in [3.05, 3.63) is 52.4 Å². The Bertz CT molecular complexity index is 1530. The molecule has 0 amide bonds. The maximum Gasteiger partial charge on any atom is 0.393 e. The third kappa shape index (κ3) is 7.46. The Hall–Kier alpha value is -2.85. The van der Waals surface area contributed by atoms with Crippen LogP contribution in [-0.2, 0) is 22.7 Å². The van der Waals surface area contributed by atoms with Gasteiger partial charge in [-0.25, -0.2) is 13.4 Å². The highest BCUT2D eigenvalue weighted by Gasteiger charge is 2.32. The molecule has 1 saturated heterocycles. The van der Waals surface area contributed by atoms with Gasteiger partial charge in [-0.1, -0.05) is 30.0 Å². The second kappa shape index (κ2) is 12.3.